The van der Waals surface area contributed by atoms with Gasteiger partial charge in [0.15, 0.2) is 9.84 Å². The van der Waals surface area contributed by atoms with E-state index in [9.17, 15) is 8.42 Å². The highest BCUT2D eigenvalue weighted by Crippen LogP contribution is 2.29. The quantitative estimate of drug-likeness (QED) is 0.859. The Morgan fingerprint density at radius 3 is 2.29 bits per heavy atom. The van der Waals surface area contributed by atoms with E-state index in [1.807, 2.05) is 30.8 Å². The van der Waals surface area contributed by atoms with Gasteiger partial charge in [0, 0.05) is 17.0 Å². The van der Waals surface area contributed by atoms with Crippen molar-refractivity contribution in [3.05, 3.63) is 24.3 Å². The first-order valence-electron chi connectivity index (χ1n) is 7.67. The molecule has 1 aromatic carbocycles. The molecule has 0 atom stereocenters. The predicted octanol–water partition coefficient (Wildman–Crippen LogP) is 3.96. The molecule has 1 N–H and O–H groups in total. The maximum atomic E-state index is 12.0. The molecule has 5 heteroatoms. The zero-order chi connectivity index (χ0) is 15.3. The summed E-state index contributed by atoms with van der Waals surface area (Å²) in [4.78, 5) is 0.431. The van der Waals surface area contributed by atoms with Gasteiger partial charge in [-0.1, -0.05) is 6.92 Å². The number of anilines is 1. The third kappa shape index (κ3) is 4.65. The number of benzene rings is 1. The van der Waals surface area contributed by atoms with Gasteiger partial charge in [0.25, 0.3) is 0 Å². The van der Waals surface area contributed by atoms with Gasteiger partial charge < -0.3 is 5.32 Å². The van der Waals surface area contributed by atoms with Crippen molar-refractivity contribution in [2.45, 2.75) is 55.2 Å². The zero-order valence-corrected chi connectivity index (χ0v) is 14.5. The average Bonchev–Trinajstić information content (AvgIpc) is 2.48. The second kappa shape index (κ2) is 7.54. The fourth-order valence-corrected chi connectivity index (χ4v) is 4.89. The Kier molecular flexibility index (Phi) is 5.99. The molecule has 0 heterocycles. The SMILES string of the molecule is CCCS(=O)(=O)c1ccc(NC2CCC(SC)CC2)cc1. The lowest BCUT2D eigenvalue weighted by atomic mass is 9.95. The van der Waals surface area contributed by atoms with Crippen LogP contribution in [0, 0.1) is 0 Å². The Labute approximate surface area is 132 Å². The molecule has 1 saturated carbocycles. The van der Waals surface area contributed by atoms with E-state index in [2.05, 4.69) is 11.6 Å². The van der Waals surface area contributed by atoms with Crippen LogP contribution in [0.4, 0.5) is 5.69 Å². The van der Waals surface area contributed by atoms with Crippen molar-refractivity contribution in [1.29, 1.82) is 0 Å². The lowest BCUT2D eigenvalue weighted by molar-refractivity contribution is 0.473. The van der Waals surface area contributed by atoms with Gasteiger partial charge in [0.1, 0.15) is 0 Å². The molecule has 0 spiro atoms. The Bertz CT molecular complexity index is 532. The predicted molar refractivity (Wildman–Crippen MR) is 92.0 cm³/mol. The van der Waals surface area contributed by atoms with E-state index in [4.69, 9.17) is 0 Å². The van der Waals surface area contributed by atoms with Gasteiger partial charge in [0.2, 0.25) is 0 Å². The first-order valence-corrected chi connectivity index (χ1v) is 10.6. The van der Waals surface area contributed by atoms with Crippen LogP contribution in [0.5, 0.6) is 0 Å². The number of rotatable bonds is 6. The summed E-state index contributed by atoms with van der Waals surface area (Å²) in [6.45, 7) is 1.89. The summed E-state index contributed by atoms with van der Waals surface area (Å²) in [7, 11) is -3.10. The molecule has 0 unspecified atom stereocenters. The molecule has 21 heavy (non-hydrogen) atoms. The third-order valence-corrected chi connectivity index (χ3v) is 7.14. The van der Waals surface area contributed by atoms with Crippen LogP contribution in [0.25, 0.3) is 0 Å². The van der Waals surface area contributed by atoms with Crippen molar-refractivity contribution in [3.8, 4) is 0 Å². The zero-order valence-electron chi connectivity index (χ0n) is 12.8. The van der Waals surface area contributed by atoms with Gasteiger partial charge in [-0.25, -0.2) is 8.42 Å². The maximum Gasteiger partial charge on any atom is 0.178 e. The minimum absolute atomic E-state index is 0.221. The van der Waals surface area contributed by atoms with Crippen LogP contribution in [0.15, 0.2) is 29.2 Å². The number of thioether (sulfide) groups is 1. The first kappa shape index (κ1) is 16.7. The van der Waals surface area contributed by atoms with E-state index in [1.165, 1.54) is 25.7 Å². The van der Waals surface area contributed by atoms with E-state index >= 15 is 0 Å². The summed E-state index contributed by atoms with van der Waals surface area (Å²) in [6, 6.07) is 7.75. The molecule has 2 rings (SSSR count). The number of nitrogens with one attached hydrogen (secondary N) is 1. The van der Waals surface area contributed by atoms with Crippen LogP contribution in [-0.4, -0.2) is 31.7 Å². The molecule has 0 aliphatic heterocycles. The van der Waals surface area contributed by atoms with Crippen LogP contribution in [0.2, 0.25) is 0 Å². The van der Waals surface area contributed by atoms with Gasteiger partial charge in [0.05, 0.1) is 10.6 Å². The minimum atomic E-state index is -3.10. The number of hydrogen-bond acceptors (Lipinski definition) is 4. The summed E-state index contributed by atoms with van der Waals surface area (Å²) in [6.07, 6.45) is 7.77. The van der Waals surface area contributed by atoms with Crippen LogP contribution in [-0.2, 0) is 9.84 Å². The Hall–Kier alpha value is -0.680. The molecule has 1 aliphatic carbocycles. The van der Waals surface area contributed by atoms with Gasteiger partial charge in [-0.3, -0.25) is 0 Å². The monoisotopic (exact) mass is 327 g/mol. The molecule has 0 aromatic heterocycles. The first-order chi connectivity index (χ1) is 10.0. The molecule has 3 nitrogen and oxygen atoms in total. The minimum Gasteiger partial charge on any atom is -0.382 e. The molecule has 118 valence electrons. The molecule has 0 saturated heterocycles. The lowest BCUT2D eigenvalue weighted by Crippen LogP contribution is -2.27. The Balaban J connectivity index is 1.94. The van der Waals surface area contributed by atoms with E-state index < -0.39 is 9.84 Å². The van der Waals surface area contributed by atoms with Crippen molar-refractivity contribution in [2.24, 2.45) is 0 Å². The van der Waals surface area contributed by atoms with Gasteiger partial charge in [-0.05, 0) is 62.6 Å². The molecule has 1 fully saturated rings. The van der Waals surface area contributed by atoms with E-state index in [1.54, 1.807) is 12.1 Å². The van der Waals surface area contributed by atoms with Crippen LogP contribution >= 0.6 is 11.8 Å². The van der Waals surface area contributed by atoms with Crippen LogP contribution < -0.4 is 5.32 Å². The molecule has 0 amide bonds. The molecule has 1 aliphatic rings. The second-order valence-electron chi connectivity index (χ2n) is 5.70. The van der Waals surface area contributed by atoms with Crippen molar-refractivity contribution in [1.82, 2.24) is 0 Å². The molecular weight excluding hydrogens is 302 g/mol. The molecule has 1 aromatic rings. The van der Waals surface area contributed by atoms with Gasteiger partial charge in [-0.2, -0.15) is 11.8 Å². The van der Waals surface area contributed by atoms with E-state index in [0.717, 1.165) is 10.9 Å². The van der Waals surface area contributed by atoms with Crippen molar-refractivity contribution in [2.75, 3.05) is 17.3 Å². The van der Waals surface area contributed by atoms with E-state index in [0.29, 0.717) is 17.4 Å². The maximum absolute atomic E-state index is 12.0. The van der Waals surface area contributed by atoms with E-state index in [-0.39, 0.29) is 5.75 Å². The van der Waals surface area contributed by atoms with Crippen molar-refractivity contribution >= 4 is 27.3 Å². The van der Waals surface area contributed by atoms with Crippen LogP contribution in [0.1, 0.15) is 39.0 Å². The lowest BCUT2D eigenvalue weighted by Gasteiger charge is -2.28. The Morgan fingerprint density at radius 2 is 1.76 bits per heavy atom. The van der Waals surface area contributed by atoms with Crippen molar-refractivity contribution in [3.63, 3.8) is 0 Å². The average molecular weight is 328 g/mol. The summed E-state index contributed by atoms with van der Waals surface area (Å²) in [5, 5.41) is 4.34. The number of hydrogen-bond donors (Lipinski definition) is 1. The number of sulfone groups is 1. The highest BCUT2D eigenvalue weighted by molar-refractivity contribution is 7.99. The van der Waals surface area contributed by atoms with Crippen molar-refractivity contribution < 1.29 is 8.42 Å². The summed E-state index contributed by atoms with van der Waals surface area (Å²) < 4.78 is 24.0. The van der Waals surface area contributed by atoms with Gasteiger partial charge >= 0.3 is 0 Å². The highest BCUT2D eigenvalue weighted by Gasteiger charge is 2.20. The largest absolute Gasteiger partial charge is 0.382 e. The fourth-order valence-electron chi connectivity index (χ4n) is 2.82. The smallest absolute Gasteiger partial charge is 0.178 e. The topological polar surface area (TPSA) is 46.2 Å². The summed E-state index contributed by atoms with van der Waals surface area (Å²) in [5.41, 5.74) is 1.03. The fraction of sp³-hybridized carbons (Fsp3) is 0.625. The summed E-state index contributed by atoms with van der Waals surface area (Å²) in [5.74, 6) is 0.221. The normalized spacial score (nSPS) is 23.0. The molecule has 0 bridgehead atoms. The summed E-state index contributed by atoms with van der Waals surface area (Å²) >= 11 is 1.97. The second-order valence-corrected chi connectivity index (χ2v) is 8.94. The highest BCUT2D eigenvalue weighted by atomic mass is 32.2. The Morgan fingerprint density at radius 1 is 1.14 bits per heavy atom. The van der Waals surface area contributed by atoms with Gasteiger partial charge in [-0.15, -0.1) is 0 Å². The molecular formula is C16H25NO2S2. The van der Waals surface area contributed by atoms with Crippen LogP contribution in [0.3, 0.4) is 0 Å². The standard InChI is InChI=1S/C16H25NO2S2/c1-3-12-21(18,19)16-10-6-14(7-11-16)17-13-4-8-15(20-2)9-5-13/h6-7,10-11,13,15,17H,3-5,8-9,12H2,1-2H3. The third-order valence-electron chi connectivity index (χ3n) is 4.06. The molecule has 0 radical (unpaired) electrons.